The van der Waals surface area contributed by atoms with Gasteiger partial charge in [0.05, 0.1) is 25.8 Å². The summed E-state index contributed by atoms with van der Waals surface area (Å²) in [5.41, 5.74) is 0.813. The second-order valence-corrected chi connectivity index (χ2v) is 6.71. The Morgan fingerprint density at radius 1 is 1.00 bits per heavy atom. The molecule has 4 rings (SSSR count). The number of rotatable bonds is 4. The third-order valence-corrected chi connectivity index (χ3v) is 4.64. The number of imidazole rings is 2. The highest BCUT2D eigenvalue weighted by molar-refractivity contribution is 5.87. The molecule has 2 aromatic rings. The third-order valence-electron chi connectivity index (χ3n) is 4.64. The quantitative estimate of drug-likeness (QED) is 0.702. The molecular formula is C21H34N6O4. The maximum atomic E-state index is 11.5. The van der Waals surface area contributed by atoms with E-state index in [0.717, 1.165) is 44.4 Å². The van der Waals surface area contributed by atoms with Crippen molar-refractivity contribution < 1.29 is 19.1 Å². The predicted molar refractivity (Wildman–Crippen MR) is 116 cm³/mol. The third kappa shape index (κ3) is 6.38. The van der Waals surface area contributed by atoms with Crippen molar-refractivity contribution in [1.82, 2.24) is 29.7 Å². The number of esters is 2. The van der Waals surface area contributed by atoms with Crippen LogP contribution in [0.4, 0.5) is 0 Å². The van der Waals surface area contributed by atoms with E-state index < -0.39 is 0 Å². The van der Waals surface area contributed by atoms with E-state index in [9.17, 15) is 9.59 Å². The molecule has 31 heavy (non-hydrogen) atoms. The molecule has 0 spiro atoms. The van der Waals surface area contributed by atoms with Crippen molar-refractivity contribution in [3.05, 3.63) is 35.4 Å². The van der Waals surface area contributed by atoms with Crippen LogP contribution >= 0.6 is 0 Å². The second kappa shape index (κ2) is 12.2. The molecule has 2 aromatic heterocycles. The van der Waals surface area contributed by atoms with E-state index in [-0.39, 0.29) is 18.0 Å². The van der Waals surface area contributed by atoms with Crippen LogP contribution in [0.1, 0.15) is 73.3 Å². The molecule has 2 aliphatic rings. The van der Waals surface area contributed by atoms with Crippen LogP contribution in [0, 0.1) is 0 Å². The van der Waals surface area contributed by atoms with Crippen LogP contribution in [0.5, 0.6) is 0 Å². The second-order valence-electron chi connectivity index (χ2n) is 6.71. The van der Waals surface area contributed by atoms with Crippen molar-refractivity contribution in [3.63, 3.8) is 0 Å². The highest BCUT2D eigenvalue weighted by Gasteiger charge is 2.21. The molecule has 4 heterocycles. The van der Waals surface area contributed by atoms with Gasteiger partial charge >= 0.3 is 11.9 Å². The minimum atomic E-state index is -0.341. The van der Waals surface area contributed by atoms with Crippen molar-refractivity contribution in [1.29, 1.82) is 0 Å². The van der Waals surface area contributed by atoms with Gasteiger partial charge in [0.15, 0.2) is 11.4 Å². The Kier molecular flexibility index (Phi) is 9.67. The summed E-state index contributed by atoms with van der Waals surface area (Å²) < 4.78 is 13.8. The molecule has 0 saturated heterocycles. The number of carbonyl (C=O) groups excluding carboxylic acids is 2. The molecular weight excluding hydrogens is 400 g/mol. The van der Waals surface area contributed by atoms with E-state index in [1.54, 1.807) is 26.2 Å². The number of nitrogens with one attached hydrogen (secondary N) is 2. The molecule has 0 amide bonds. The lowest BCUT2D eigenvalue weighted by Crippen LogP contribution is -2.31. The fourth-order valence-electron chi connectivity index (χ4n) is 3.24. The number of hydrogen-bond donors (Lipinski definition) is 2. The smallest absolute Gasteiger partial charge is 0.358 e. The Morgan fingerprint density at radius 2 is 1.58 bits per heavy atom. The number of ether oxygens (including phenoxy) is 2. The molecule has 0 aliphatic carbocycles. The normalized spacial score (nSPS) is 16.5. The minimum absolute atomic E-state index is 0.196. The molecule has 0 aromatic carbocycles. The van der Waals surface area contributed by atoms with E-state index in [1.165, 1.54) is 0 Å². The summed E-state index contributed by atoms with van der Waals surface area (Å²) >= 11 is 0. The van der Waals surface area contributed by atoms with Crippen LogP contribution < -0.4 is 10.6 Å². The molecule has 1 unspecified atom stereocenters. The van der Waals surface area contributed by atoms with Gasteiger partial charge < -0.3 is 29.2 Å². The number of aromatic nitrogens is 4. The SMILES string of the molecule is CC.CCOC(=O)c1cn2c(n1)C(C)NCC2.CCOC(=O)c1cn2c(n1)CNCC2. The maximum Gasteiger partial charge on any atom is 0.358 e. The number of hydrogen-bond acceptors (Lipinski definition) is 8. The summed E-state index contributed by atoms with van der Waals surface area (Å²) in [7, 11) is 0. The average molecular weight is 435 g/mol. The van der Waals surface area contributed by atoms with Gasteiger partial charge in [-0.05, 0) is 20.8 Å². The molecule has 10 heteroatoms. The molecule has 172 valence electrons. The fraction of sp³-hybridized carbons (Fsp3) is 0.619. The lowest BCUT2D eigenvalue weighted by Gasteiger charge is -2.21. The summed E-state index contributed by atoms with van der Waals surface area (Å²) in [6, 6.07) is 0.196. The highest BCUT2D eigenvalue weighted by Crippen LogP contribution is 2.16. The van der Waals surface area contributed by atoms with Crippen molar-refractivity contribution in [2.24, 2.45) is 0 Å². The monoisotopic (exact) mass is 434 g/mol. The van der Waals surface area contributed by atoms with Gasteiger partial charge in [-0.2, -0.15) is 0 Å². The first kappa shape index (κ1) is 24.5. The summed E-state index contributed by atoms with van der Waals surface area (Å²) in [5, 5.41) is 6.48. The summed E-state index contributed by atoms with van der Waals surface area (Å²) in [6.07, 6.45) is 3.53. The van der Waals surface area contributed by atoms with Crippen LogP contribution in [0.15, 0.2) is 12.4 Å². The maximum absolute atomic E-state index is 11.5. The Balaban J connectivity index is 0.000000204. The molecule has 0 fully saturated rings. The molecule has 10 nitrogen and oxygen atoms in total. The molecule has 0 bridgehead atoms. The van der Waals surface area contributed by atoms with E-state index in [4.69, 9.17) is 9.47 Å². The lowest BCUT2D eigenvalue weighted by atomic mass is 10.2. The molecule has 2 aliphatic heterocycles. The van der Waals surface area contributed by atoms with E-state index >= 15 is 0 Å². The Bertz CT molecular complexity index is 837. The van der Waals surface area contributed by atoms with Crippen molar-refractivity contribution in [2.45, 2.75) is 60.3 Å². The largest absolute Gasteiger partial charge is 0.461 e. The first-order valence-corrected chi connectivity index (χ1v) is 10.9. The predicted octanol–water partition coefficient (Wildman–Crippen LogP) is 1.91. The van der Waals surface area contributed by atoms with Crippen molar-refractivity contribution in [2.75, 3.05) is 26.3 Å². The highest BCUT2D eigenvalue weighted by atomic mass is 16.5. The van der Waals surface area contributed by atoms with Gasteiger partial charge in [-0.1, -0.05) is 13.8 Å². The zero-order chi connectivity index (χ0) is 22.8. The Morgan fingerprint density at radius 3 is 2.16 bits per heavy atom. The van der Waals surface area contributed by atoms with Gasteiger partial charge in [-0.25, -0.2) is 19.6 Å². The van der Waals surface area contributed by atoms with Gasteiger partial charge in [0.1, 0.15) is 11.6 Å². The number of nitrogens with zero attached hydrogens (tertiary/aromatic N) is 4. The number of fused-ring (bicyclic) bond motifs is 2. The zero-order valence-electron chi connectivity index (χ0n) is 19.1. The molecule has 1 atom stereocenters. The molecule has 0 radical (unpaired) electrons. The van der Waals surface area contributed by atoms with Gasteiger partial charge in [-0.3, -0.25) is 0 Å². The van der Waals surface area contributed by atoms with Crippen molar-refractivity contribution in [3.8, 4) is 0 Å². The average Bonchev–Trinajstić information content (AvgIpc) is 3.41. The van der Waals surface area contributed by atoms with Gasteiger partial charge in [0, 0.05) is 38.6 Å². The minimum Gasteiger partial charge on any atom is -0.461 e. The first-order valence-electron chi connectivity index (χ1n) is 10.9. The topological polar surface area (TPSA) is 112 Å². The fourth-order valence-corrected chi connectivity index (χ4v) is 3.24. The standard InChI is InChI=1S/C10H15N3O2.C9H13N3O2.C2H6/c1-3-15-10(14)8-6-13-5-4-11-7(2)9(13)12-8;1-2-14-9(13)7-6-12-4-3-10-5-8(12)11-7;1-2/h6-7,11H,3-5H2,1-2H3;6,10H,2-5H2,1H3;1-2H3. The van der Waals surface area contributed by atoms with Crippen LogP contribution in [-0.4, -0.2) is 57.3 Å². The van der Waals surface area contributed by atoms with Crippen LogP contribution in [0.25, 0.3) is 0 Å². The summed E-state index contributed by atoms with van der Waals surface area (Å²) in [4.78, 5) is 31.3. The Labute approximate surface area is 183 Å². The van der Waals surface area contributed by atoms with Crippen LogP contribution in [0.3, 0.4) is 0 Å². The van der Waals surface area contributed by atoms with Gasteiger partial charge in [0.2, 0.25) is 0 Å². The summed E-state index contributed by atoms with van der Waals surface area (Å²) in [6.45, 7) is 14.7. The van der Waals surface area contributed by atoms with Crippen molar-refractivity contribution >= 4 is 11.9 Å². The molecule has 0 saturated carbocycles. The summed E-state index contributed by atoms with van der Waals surface area (Å²) in [5.74, 6) is 1.13. The van der Waals surface area contributed by atoms with Gasteiger partial charge in [0.25, 0.3) is 0 Å². The van der Waals surface area contributed by atoms with E-state index in [0.29, 0.717) is 24.6 Å². The molecule has 2 N–H and O–H groups in total. The Hall–Kier alpha value is -2.72. The van der Waals surface area contributed by atoms with Crippen LogP contribution in [0.2, 0.25) is 0 Å². The number of carbonyl (C=O) groups is 2. The van der Waals surface area contributed by atoms with E-state index in [1.807, 2.05) is 29.9 Å². The first-order chi connectivity index (χ1) is 15.0. The lowest BCUT2D eigenvalue weighted by molar-refractivity contribution is 0.0510. The van der Waals surface area contributed by atoms with Gasteiger partial charge in [-0.15, -0.1) is 0 Å². The zero-order valence-corrected chi connectivity index (χ0v) is 19.1. The van der Waals surface area contributed by atoms with E-state index in [2.05, 4.69) is 20.6 Å². The van der Waals surface area contributed by atoms with Crippen LogP contribution in [-0.2, 0) is 29.1 Å².